The second-order valence-electron chi connectivity index (χ2n) is 4.02. The molecule has 2 amide bonds. The van der Waals surface area contributed by atoms with Gasteiger partial charge in [-0.05, 0) is 5.92 Å². The molecule has 0 aromatic heterocycles. The fourth-order valence-corrected chi connectivity index (χ4v) is 1.53. The molecule has 5 nitrogen and oxygen atoms in total. The number of carbonyl (C=O) groups excluding carboxylic acids is 2. The number of nitrogens with one attached hydrogen (secondary N) is 1. The molecule has 2 unspecified atom stereocenters. The molecule has 0 saturated carbocycles. The normalized spacial score (nSPS) is 20.7. The highest BCUT2D eigenvalue weighted by molar-refractivity contribution is 5.88. The largest absolute Gasteiger partial charge is 0.353 e. The topological polar surface area (TPSA) is 75.4 Å². The van der Waals surface area contributed by atoms with Crippen molar-refractivity contribution in [3.63, 3.8) is 0 Å². The Morgan fingerprint density at radius 3 is 2.87 bits per heavy atom. The van der Waals surface area contributed by atoms with E-state index in [9.17, 15) is 9.59 Å². The summed E-state index contributed by atoms with van der Waals surface area (Å²) in [6.45, 7) is 5.18. The van der Waals surface area contributed by atoms with Crippen LogP contribution in [0.25, 0.3) is 0 Å². The summed E-state index contributed by atoms with van der Waals surface area (Å²) in [7, 11) is 0. The summed E-state index contributed by atoms with van der Waals surface area (Å²) in [5, 5.41) is 2.68. The Morgan fingerprint density at radius 1 is 1.67 bits per heavy atom. The molecule has 1 aliphatic rings. The number of nitrogens with zero attached hydrogens (tertiary/aromatic N) is 1. The molecule has 0 aliphatic carbocycles. The van der Waals surface area contributed by atoms with Gasteiger partial charge in [-0.2, -0.15) is 0 Å². The lowest BCUT2D eigenvalue weighted by Gasteiger charge is -2.30. The monoisotopic (exact) mass is 213 g/mol. The van der Waals surface area contributed by atoms with Gasteiger partial charge in [0.1, 0.15) is 0 Å². The molecule has 0 spiro atoms. The third-order valence-electron chi connectivity index (χ3n) is 2.89. The number of amides is 2. The zero-order chi connectivity index (χ0) is 11.4. The molecule has 1 heterocycles. The average molecular weight is 213 g/mol. The van der Waals surface area contributed by atoms with Gasteiger partial charge in [-0.15, -0.1) is 0 Å². The van der Waals surface area contributed by atoms with Gasteiger partial charge in [-0.3, -0.25) is 9.59 Å². The van der Waals surface area contributed by atoms with Crippen LogP contribution in [0, 0.1) is 5.92 Å². The first kappa shape index (κ1) is 12.0. The number of carbonyl (C=O) groups is 2. The number of nitrogens with two attached hydrogens (primary N) is 1. The maximum absolute atomic E-state index is 11.9. The first-order valence-electron chi connectivity index (χ1n) is 5.37. The van der Waals surface area contributed by atoms with Gasteiger partial charge >= 0.3 is 0 Å². The van der Waals surface area contributed by atoms with E-state index in [-0.39, 0.29) is 24.3 Å². The summed E-state index contributed by atoms with van der Waals surface area (Å²) in [5.41, 5.74) is 5.82. The average Bonchev–Trinajstić information content (AvgIpc) is 2.26. The third-order valence-corrected chi connectivity index (χ3v) is 2.89. The van der Waals surface area contributed by atoms with Crippen molar-refractivity contribution in [2.24, 2.45) is 11.7 Å². The quantitative estimate of drug-likeness (QED) is 0.652. The summed E-state index contributed by atoms with van der Waals surface area (Å²) < 4.78 is 0. The van der Waals surface area contributed by atoms with Crippen LogP contribution in [0.5, 0.6) is 0 Å². The van der Waals surface area contributed by atoms with E-state index < -0.39 is 6.04 Å². The van der Waals surface area contributed by atoms with Crippen molar-refractivity contribution in [3.8, 4) is 0 Å². The summed E-state index contributed by atoms with van der Waals surface area (Å²) in [4.78, 5) is 24.5. The molecule has 0 bridgehead atoms. The van der Waals surface area contributed by atoms with Crippen molar-refractivity contribution >= 4 is 11.8 Å². The van der Waals surface area contributed by atoms with Crippen LogP contribution < -0.4 is 11.1 Å². The van der Waals surface area contributed by atoms with Gasteiger partial charge in [0.05, 0.1) is 12.6 Å². The smallest absolute Gasteiger partial charge is 0.240 e. The lowest BCUT2D eigenvalue weighted by molar-refractivity contribution is -0.140. The van der Waals surface area contributed by atoms with Crippen LogP contribution in [0.1, 0.15) is 20.3 Å². The molecule has 1 saturated heterocycles. The highest BCUT2D eigenvalue weighted by atomic mass is 16.2. The Bertz CT molecular complexity index is 255. The standard InChI is InChI=1S/C10H19N3O2/c1-3-7(2)9(11)10(15)13-5-4-12-8(14)6-13/h7,9H,3-6,11H2,1-2H3,(H,12,14). The minimum Gasteiger partial charge on any atom is -0.353 e. The third kappa shape index (κ3) is 2.92. The molecule has 2 atom stereocenters. The predicted octanol–water partition coefficient (Wildman–Crippen LogP) is -0.682. The van der Waals surface area contributed by atoms with Crippen molar-refractivity contribution in [2.75, 3.05) is 19.6 Å². The molecule has 1 fully saturated rings. The van der Waals surface area contributed by atoms with Gasteiger partial charge in [0, 0.05) is 13.1 Å². The Labute approximate surface area is 90.0 Å². The maximum Gasteiger partial charge on any atom is 0.240 e. The second-order valence-corrected chi connectivity index (χ2v) is 4.02. The molecule has 5 heteroatoms. The van der Waals surface area contributed by atoms with E-state index in [1.165, 1.54) is 4.90 Å². The maximum atomic E-state index is 11.9. The SMILES string of the molecule is CCC(C)C(N)C(=O)N1CCNC(=O)C1. The van der Waals surface area contributed by atoms with Crippen LogP contribution in [-0.4, -0.2) is 42.4 Å². The van der Waals surface area contributed by atoms with E-state index in [1.807, 2.05) is 13.8 Å². The van der Waals surface area contributed by atoms with E-state index in [4.69, 9.17) is 5.73 Å². The molecule has 0 aromatic rings. The van der Waals surface area contributed by atoms with Crippen molar-refractivity contribution < 1.29 is 9.59 Å². The molecular formula is C10H19N3O2. The van der Waals surface area contributed by atoms with Crippen LogP contribution in [-0.2, 0) is 9.59 Å². The summed E-state index contributed by atoms with van der Waals surface area (Å²) >= 11 is 0. The van der Waals surface area contributed by atoms with Crippen LogP contribution in [0.15, 0.2) is 0 Å². The highest BCUT2D eigenvalue weighted by Gasteiger charge is 2.27. The van der Waals surface area contributed by atoms with Crippen molar-refractivity contribution in [1.29, 1.82) is 0 Å². The van der Waals surface area contributed by atoms with Gasteiger partial charge < -0.3 is 16.0 Å². The zero-order valence-electron chi connectivity index (χ0n) is 9.32. The molecule has 1 aliphatic heterocycles. The first-order valence-corrected chi connectivity index (χ1v) is 5.37. The lowest BCUT2D eigenvalue weighted by atomic mass is 9.98. The van der Waals surface area contributed by atoms with E-state index >= 15 is 0 Å². The molecule has 15 heavy (non-hydrogen) atoms. The summed E-state index contributed by atoms with van der Waals surface area (Å²) in [5.74, 6) is -0.0624. The van der Waals surface area contributed by atoms with E-state index in [1.54, 1.807) is 0 Å². The minimum absolute atomic E-state index is 0.106. The fourth-order valence-electron chi connectivity index (χ4n) is 1.53. The second kappa shape index (κ2) is 5.11. The van der Waals surface area contributed by atoms with Crippen LogP contribution in [0.2, 0.25) is 0 Å². The van der Waals surface area contributed by atoms with Crippen LogP contribution in [0.4, 0.5) is 0 Å². The van der Waals surface area contributed by atoms with Crippen molar-refractivity contribution in [1.82, 2.24) is 10.2 Å². The molecule has 86 valence electrons. The van der Waals surface area contributed by atoms with Crippen molar-refractivity contribution in [2.45, 2.75) is 26.3 Å². The Balaban J connectivity index is 2.55. The molecule has 3 N–H and O–H groups in total. The van der Waals surface area contributed by atoms with Crippen LogP contribution in [0.3, 0.4) is 0 Å². The Kier molecular flexibility index (Phi) is 4.08. The first-order chi connectivity index (χ1) is 7.06. The Morgan fingerprint density at radius 2 is 2.33 bits per heavy atom. The van der Waals surface area contributed by atoms with E-state index in [0.29, 0.717) is 13.1 Å². The number of hydrogen-bond donors (Lipinski definition) is 2. The van der Waals surface area contributed by atoms with Gasteiger partial charge in [0.2, 0.25) is 11.8 Å². The number of piperazine rings is 1. The summed E-state index contributed by atoms with van der Waals surface area (Å²) in [6.07, 6.45) is 0.868. The highest BCUT2D eigenvalue weighted by Crippen LogP contribution is 2.09. The number of hydrogen-bond acceptors (Lipinski definition) is 3. The fraction of sp³-hybridized carbons (Fsp3) is 0.800. The van der Waals surface area contributed by atoms with Gasteiger partial charge in [0.15, 0.2) is 0 Å². The minimum atomic E-state index is -0.485. The predicted molar refractivity (Wildman–Crippen MR) is 57.0 cm³/mol. The molecule has 0 aromatic carbocycles. The van der Waals surface area contributed by atoms with Gasteiger partial charge in [-0.25, -0.2) is 0 Å². The van der Waals surface area contributed by atoms with Crippen LogP contribution >= 0.6 is 0 Å². The van der Waals surface area contributed by atoms with Gasteiger partial charge in [-0.1, -0.05) is 20.3 Å². The van der Waals surface area contributed by atoms with E-state index in [2.05, 4.69) is 5.32 Å². The zero-order valence-corrected chi connectivity index (χ0v) is 9.32. The van der Waals surface area contributed by atoms with E-state index in [0.717, 1.165) is 6.42 Å². The Hall–Kier alpha value is -1.10. The lowest BCUT2D eigenvalue weighted by Crippen LogP contribution is -2.55. The number of rotatable bonds is 3. The van der Waals surface area contributed by atoms with Crippen molar-refractivity contribution in [3.05, 3.63) is 0 Å². The molecule has 1 rings (SSSR count). The van der Waals surface area contributed by atoms with Gasteiger partial charge in [0.25, 0.3) is 0 Å². The molecular weight excluding hydrogens is 194 g/mol. The summed E-state index contributed by atoms with van der Waals surface area (Å²) in [6, 6.07) is -0.485. The molecule has 0 radical (unpaired) electrons.